The van der Waals surface area contributed by atoms with Gasteiger partial charge in [0.2, 0.25) is 0 Å². The normalized spacial score (nSPS) is 10.4. The lowest BCUT2D eigenvalue weighted by atomic mass is 10.1. The average molecular weight is 322 g/mol. The molecule has 0 spiro atoms. The van der Waals surface area contributed by atoms with E-state index in [0.717, 1.165) is 16.9 Å². The van der Waals surface area contributed by atoms with Gasteiger partial charge >= 0.3 is 0 Å². The summed E-state index contributed by atoms with van der Waals surface area (Å²) in [6.45, 7) is 4.55. The Morgan fingerprint density at radius 3 is 2.73 bits per heavy atom. The zero-order chi connectivity index (χ0) is 16.1. The first-order chi connectivity index (χ1) is 10.5. The molecule has 2 aromatic carbocycles. The second kappa shape index (κ2) is 7.27. The number of halogens is 2. The van der Waals surface area contributed by atoms with Gasteiger partial charge in [0.15, 0.2) is 0 Å². The molecule has 116 valence electrons. The third-order valence-electron chi connectivity index (χ3n) is 3.15. The van der Waals surface area contributed by atoms with Crippen LogP contribution in [0.3, 0.4) is 0 Å². The maximum atomic E-state index is 13.5. The minimum atomic E-state index is -0.600. The minimum Gasteiger partial charge on any atom is -0.491 e. The SMILES string of the molecule is Cc1ccc(OCCNC(=O)c2cc(Cl)ccc2F)c(C)c1. The van der Waals surface area contributed by atoms with E-state index >= 15 is 0 Å². The van der Waals surface area contributed by atoms with E-state index in [1.165, 1.54) is 18.2 Å². The van der Waals surface area contributed by atoms with E-state index in [2.05, 4.69) is 5.32 Å². The molecule has 0 aliphatic rings. The molecule has 0 aromatic heterocycles. The summed E-state index contributed by atoms with van der Waals surface area (Å²) >= 11 is 5.76. The molecular formula is C17H17ClFNO2. The molecule has 0 heterocycles. The van der Waals surface area contributed by atoms with Gasteiger partial charge < -0.3 is 10.1 Å². The highest BCUT2D eigenvalue weighted by Gasteiger charge is 2.11. The Hall–Kier alpha value is -2.07. The molecule has 0 radical (unpaired) electrons. The van der Waals surface area contributed by atoms with E-state index in [0.29, 0.717) is 11.6 Å². The number of hydrogen-bond acceptors (Lipinski definition) is 2. The number of nitrogens with one attached hydrogen (secondary N) is 1. The predicted molar refractivity (Wildman–Crippen MR) is 85.2 cm³/mol. The smallest absolute Gasteiger partial charge is 0.254 e. The van der Waals surface area contributed by atoms with Crippen LogP contribution in [0.2, 0.25) is 5.02 Å². The highest BCUT2D eigenvalue weighted by atomic mass is 35.5. The highest BCUT2D eigenvalue weighted by Crippen LogP contribution is 2.18. The van der Waals surface area contributed by atoms with Crippen LogP contribution in [-0.4, -0.2) is 19.1 Å². The number of ether oxygens (including phenoxy) is 1. The molecule has 0 aliphatic carbocycles. The average Bonchev–Trinajstić information content (AvgIpc) is 2.47. The summed E-state index contributed by atoms with van der Waals surface area (Å²) in [6.07, 6.45) is 0. The molecule has 0 bridgehead atoms. The van der Waals surface area contributed by atoms with Crippen molar-refractivity contribution in [1.82, 2.24) is 5.32 Å². The lowest BCUT2D eigenvalue weighted by molar-refractivity contribution is 0.0943. The lowest BCUT2D eigenvalue weighted by Gasteiger charge is -2.11. The first kappa shape index (κ1) is 16.3. The summed E-state index contributed by atoms with van der Waals surface area (Å²) in [6, 6.07) is 9.75. The molecule has 0 fully saturated rings. The van der Waals surface area contributed by atoms with Crippen molar-refractivity contribution in [2.75, 3.05) is 13.2 Å². The van der Waals surface area contributed by atoms with Crippen LogP contribution in [0.5, 0.6) is 5.75 Å². The predicted octanol–water partition coefficient (Wildman–Crippen LogP) is 3.90. The number of rotatable bonds is 5. The van der Waals surface area contributed by atoms with E-state index in [1.807, 2.05) is 32.0 Å². The number of carbonyl (C=O) groups excluding carboxylic acids is 1. The molecule has 2 rings (SSSR count). The van der Waals surface area contributed by atoms with Crippen molar-refractivity contribution >= 4 is 17.5 Å². The van der Waals surface area contributed by atoms with Crippen LogP contribution in [0.15, 0.2) is 36.4 Å². The van der Waals surface area contributed by atoms with Crippen LogP contribution in [0.25, 0.3) is 0 Å². The fraction of sp³-hybridized carbons (Fsp3) is 0.235. The van der Waals surface area contributed by atoms with Crippen molar-refractivity contribution in [1.29, 1.82) is 0 Å². The van der Waals surface area contributed by atoms with Gasteiger partial charge in [-0.2, -0.15) is 0 Å². The first-order valence-electron chi connectivity index (χ1n) is 6.90. The molecule has 0 unspecified atom stereocenters. The van der Waals surface area contributed by atoms with Crippen LogP contribution in [0.1, 0.15) is 21.5 Å². The molecule has 1 amide bonds. The standard InChI is InChI=1S/C17H17ClFNO2/c1-11-3-6-16(12(2)9-11)22-8-7-20-17(21)14-10-13(18)4-5-15(14)19/h3-6,9-10H,7-8H2,1-2H3,(H,20,21). The zero-order valence-electron chi connectivity index (χ0n) is 12.5. The maximum absolute atomic E-state index is 13.5. The maximum Gasteiger partial charge on any atom is 0.254 e. The summed E-state index contributed by atoms with van der Waals surface area (Å²) in [7, 11) is 0. The van der Waals surface area contributed by atoms with Crippen molar-refractivity contribution < 1.29 is 13.9 Å². The minimum absolute atomic E-state index is 0.0704. The van der Waals surface area contributed by atoms with Crippen molar-refractivity contribution in [2.24, 2.45) is 0 Å². The Bertz CT molecular complexity index is 688. The Labute approximate surface area is 134 Å². The molecule has 1 N–H and O–H groups in total. The van der Waals surface area contributed by atoms with Crippen LogP contribution in [0, 0.1) is 19.7 Å². The largest absolute Gasteiger partial charge is 0.491 e. The van der Waals surface area contributed by atoms with Gasteiger partial charge in [-0.3, -0.25) is 4.79 Å². The summed E-state index contributed by atoms with van der Waals surface area (Å²) in [5, 5.41) is 2.92. The van der Waals surface area contributed by atoms with Crippen molar-refractivity contribution in [3.63, 3.8) is 0 Å². The number of amides is 1. The van der Waals surface area contributed by atoms with Crippen LogP contribution in [0.4, 0.5) is 4.39 Å². The van der Waals surface area contributed by atoms with E-state index in [4.69, 9.17) is 16.3 Å². The molecule has 5 heteroatoms. The first-order valence-corrected chi connectivity index (χ1v) is 7.28. The van der Waals surface area contributed by atoms with Gasteiger partial charge in [0.1, 0.15) is 18.2 Å². The van der Waals surface area contributed by atoms with Gasteiger partial charge in [0, 0.05) is 5.02 Å². The topological polar surface area (TPSA) is 38.3 Å². The quantitative estimate of drug-likeness (QED) is 0.848. The molecule has 0 saturated carbocycles. The third kappa shape index (κ3) is 4.21. The van der Waals surface area contributed by atoms with Gasteiger partial charge in [0.25, 0.3) is 5.91 Å². The second-order valence-electron chi connectivity index (χ2n) is 5.00. The summed E-state index contributed by atoms with van der Waals surface area (Å²) < 4.78 is 19.1. The third-order valence-corrected chi connectivity index (χ3v) is 3.38. The van der Waals surface area contributed by atoms with E-state index in [9.17, 15) is 9.18 Å². The molecule has 3 nitrogen and oxygen atoms in total. The molecule has 0 aliphatic heterocycles. The molecule has 0 saturated heterocycles. The summed E-state index contributed by atoms with van der Waals surface area (Å²) in [5.74, 6) is -0.338. The summed E-state index contributed by atoms with van der Waals surface area (Å²) in [4.78, 5) is 11.9. The van der Waals surface area contributed by atoms with E-state index in [1.54, 1.807) is 0 Å². The molecular weight excluding hydrogens is 305 g/mol. The lowest BCUT2D eigenvalue weighted by Crippen LogP contribution is -2.28. The number of benzene rings is 2. The Morgan fingerprint density at radius 1 is 1.23 bits per heavy atom. The summed E-state index contributed by atoms with van der Waals surface area (Å²) in [5.41, 5.74) is 2.13. The molecule has 2 aromatic rings. The monoisotopic (exact) mass is 321 g/mol. The number of carbonyl (C=O) groups is 1. The second-order valence-corrected chi connectivity index (χ2v) is 5.43. The fourth-order valence-electron chi connectivity index (χ4n) is 2.05. The Kier molecular flexibility index (Phi) is 5.39. The van der Waals surface area contributed by atoms with E-state index in [-0.39, 0.29) is 12.1 Å². The molecule has 22 heavy (non-hydrogen) atoms. The van der Waals surface area contributed by atoms with Gasteiger partial charge in [-0.05, 0) is 43.7 Å². The fourth-order valence-corrected chi connectivity index (χ4v) is 2.23. The van der Waals surface area contributed by atoms with Crippen molar-refractivity contribution in [3.05, 3.63) is 63.9 Å². The van der Waals surface area contributed by atoms with Gasteiger partial charge in [-0.1, -0.05) is 29.3 Å². The number of aryl methyl sites for hydroxylation is 2. The Balaban J connectivity index is 1.86. The van der Waals surface area contributed by atoms with Crippen LogP contribution >= 0.6 is 11.6 Å². The molecule has 0 atom stereocenters. The van der Waals surface area contributed by atoms with Gasteiger partial charge in [0.05, 0.1) is 12.1 Å². The van der Waals surface area contributed by atoms with Crippen LogP contribution < -0.4 is 10.1 Å². The van der Waals surface area contributed by atoms with Gasteiger partial charge in [-0.15, -0.1) is 0 Å². The zero-order valence-corrected chi connectivity index (χ0v) is 13.2. The Morgan fingerprint density at radius 2 is 2.00 bits per heavy atom. The van der Waals surface area contributed by atoms with E-state index < -0.39 is 11.7 Å². The van der Waals surface area contributed by atoms with Crippen LogP contribution in [-0.2, 0) is 0 Å². The van der Waals surface area contributed by atoms with Crippen molar-refractivity contribution in [3.8, 4) is 5.75 Å². The number of hydrogen-bond donors (Lipinski definition) is 1. The van der Waals surface area contributed by atoms with Gasteiger partial charge in [-0.25, -0.2) is 4.39 Å². The highest BCUT2D eigenvalue weighted by molar-refractivity contribution is 6.30. The van der Waals surface area contributed by atoms with Crippen molar-refractivity contribution in [2.45, 2.75) is 13.8 Å².